The Morgan fingerprint density at radius 2 is 0.404 bits per heavy atom. The zero-order valence-corrected chi connectivity index (χ0v) is 50.0. The van der Waals surface area contributed by atoms with Gasteiger partial charge in [0.1, 0.15) is 0 Å². The zero-order chi connectivity index (χ0) is 60.0. The second-order valence-corrected chi connectivity index (χ2v) is 22.6. The molecular weight excluding hydrogens is 1070 g/mol. The average molecular weight is 1140 g/mol. The van der Waals surface area contributed by atoms with Crippen molar-refractivity contribution in [1.29, 1.82) is 0 Å². The van der Waals surface area contributed by atoms with Gasteiger partial charge in [0.2, 0.25) is 0 Å². The summed E-state index contributed by atoms with van der Waals surface area (Å²) in [5, 5.41) is 0. The summed E-state index contributed by atoms with van der Waals surface area (Å²) in [4.78, 5) is 4.63. The predicted molar refractivity (Wildman–Crippen MR) is 377 cm³/mol. The van der Waals surface area contributed by atoms with Gasteiger partial charge in [-0.2, -0.15) is 0 Å². The smallest absolute Gasteiger partial charge is 0.0462 e. The summed E-state index contributed by atoms with van der Waals surface area (Å²) in [5.74, 6) is 0.202. The number of para-hydroxylation sites is 2. The molecule has 426 valence electrons. The van der Waals surface area contributed by atoms with E-state index in [1.807, 2.05) is 0 Å². The summed E-state index contributed by atoms with van der Waals surface area (Å²) < 4.78 is 0. The summed E-state index contributed by atoms with van der Waals surface area (Å²) in [5.41, 5.74) is 26.7. The maximum absolute atomic E-state index is 2.32. The Morgan fingerprint density at radius 1 is 0.191 bits per heavy atom. The maximum atomic E-state index is 2.32. The molecule has 0 aliphatic heterocycles. The van der Waals surface area contributed by atoms with Crippen LogP contribution in [0.25, 0.3) is 55.6 Å². The molecule has 89 heavy (non-hydrogen) atoms. The summed E-state index contributed by atoms with van der Waals surface area (Å²) in [7, 11) is 0. The van der Waals surface area contributed by atoms with Crippen LogP contribution in [0.15, 0.2) is 376 Å². The number of nitrogens with zero attached hydrogens (tertiary/aromatic N) is 2. The van der Waals surface area contributed by atoms with Gasteiger partial charge in [0.05, 0.1) is 0 Å². The normalized spacial score (nSPS) is 11.2. The molecule has 0 bridgehead atoms. The van der Waals surface area contributed by atoms with Crippen molar-refractivity contribution in [1.82, 2.24) is 0 Å². The third-order valence-corrected chi connectivity index (χ3v) is 16.6. The van der Waals surface area contributed by atoms with Gasteiger partial charge in [0.15, 0.2) is 0 Å². The molecule has 14 rings (SSSR count). The second kappa shape index (κ2) is 27.4. The number of rotatable bonds is 16. The highest BCUT2D eigenvalue weighted by molar-refractivity contribution is 5.82. The standard InChI is InChI=1S/C55H42N2.C32H26/c1-5-13-42(14-6-1)41-43-21-23-45(24-22-43)47-27-35-53(36-28-47)57(51-19-11-4-12-20-51)55-39-31-49(32-40-55)48-29-37-54(38-30-48)56(50-17-9-3-10-18-50)52-33-25-46(26-34-52)44-15-7-2-8-16-44;1-24-12-14-26(15-13-24)28-18-22-31(23-19-28)32(29-10-6-3-7-11-29)30-20-16-27(17-21-30)25-8-4-2-5-9-25/h1-40H,41H2;2-23,32H,1H3. The third kappa shape index (κ3) is 13.7. The molecular formula is C87H68N2. The molecule has 0 saturated heterocycles. The Balaban J connectivity index is 0.000000192. The molecule has 14 aromatic carbocycles. The van der Waals surface area contributed by atoms with E-state index >= 15 is 0 Å². The van der Waals surface area contributed by atoms with Crippen LogP contribution in [0.5, 0.6) is 0 Å². The van der Waals surface area contributed by atoms with E-state index in [2.05, 4.69) is 393 Å². The molecule has 0 aliphatic carbocycles. The van der Waals surface area contributed by atoms with E-state index in [4.69, 9.17) is 0 Å². The van der Waals surface area contributed by atoms with Crippen LogP contribution in [0.2, 0.25) is 0 Å². The SMILES string of the molecule is Cc1ccc(-c2ccc(C(c3ccccc3)c3ccc(-c4ccccc4)cc3)cc2)cc1.c1ccc(Cc2ccc(-c3ccc(N(c4ccccc4)c4ccc(-c5ccc(N(c6ccccc6)c6ccc(-c7ccccc7)cc6)cc5)cc4)cc3)cc2)cc1. The van der Waals surface area contributed by atoms with Gasteiger partial charge in [0, 0.05) is 40.0 Å². The first-order valence-corrected chi connectivity index (χ1v) is 30.7. The first kappa shape index (κ1) is 56.8. The monoisotopic (exact) mass is 1140 g/mol. The molecule has 1 atom stereocenters. The fraction of sp³-hybridized carbons (Fsp3) is 0.0345. The minimum atomic E-state index is 0.202. The molecule has 14 aromatic rings. The van der Waals surface area contributed by atoms with Crippen LogP contribution in [0.1, 0.15) is 39.3 Å². The number of hydrogen-bond acceptors (Lipinski definition) is 2. The van der Waals surface area contributed by atoms with E-state index in [1.54, 1.807) is 0 Å². The fourth-order valence-corrected chi connectivity index (χ4v) is 11.9. The molecule has 0 amide bonds. The van der Waals surface area contributed by atoms with Crippen LogP contribution < -0.4 is 9.80 Å². The van der Waals surface area contributed by atoms with E-state index in [9.17, 15) is 0 Å². The van der Waals surface area contributed by atoms with Crippen molar-refractivity contribution in [2.45, 2.75) is 19.3 Å². The van der Waals surface area contributed by atoms with Crippen molar-refractivity contribution in [3.63, 3.8) is 0 Å². The van der Waals surface area contributed by atoms with Gasteiger partial charge in [-0.3, -0.25) is 0 Å². The lowest BCUT2D eigenvalue weighted by atomic mass is 9.84. The van der Waals surface area contributed by atoms with E-state index in [-0.39, 0.29) is 5.92 Å². The van der Waals surface area contributed by atoms with Crippen LogP contribution in [-0.4, -0.2) is 0 Å². The molecule has 0 spiro atoms. The lowest BCUT2D eigenvalue weighted by molar-refractivity contribution is 0.978. The van der Waals surface area contributed by atoms with Crippen molar-refractivity contribution >= 4 is 34.1 Å². The van der Waals surface area contributed by atoms with Gasteiger partial charge in [-0.05, 0) is 170 Å². The Morgan fingerprint density at radius 3 is 0.730 bits per heavy atom. The molecule has 2 nitrogen and oxygen atoms in total. The van der Waals surface area contributed by atoms with Crippen molar-refractivity contribution in [3.05, 3.63) is 409 Å². The first-order chi connectivity index (χ1) is 44.0. The number of benzene rings is 14. The highest BCUT2D eigenvalue weighted by Gasteiger charge is 2.19. The van der Waals surface area contributed by atoms with Gasteiger partial charge >= 0.3 is 0 Å². The summed E-state index contributed by atoms with van der Waals surface area (Å²) in [6, 6.07) is 135. The van der Waals surface area contributed by atoms with Gasteiger partial charge in [-0.25, -0.2) is 0 Å². The van der Waals surface area contributed by atoms with Gasteiger partial charge in [0.25, 0.3) is 0 Å². The van der Waals surface area contributed by atoms with E-state index in [0.29, 0.717) is 0 Å². The highest BCUT2D eigenvalue weighted by atomic mass is 15.1. The maximum Gasteiger partial charge on any atom is 0.0462 e. The zero-order valence-electron chi connectivity index (χ0n) is 50.0. The Labute approximate surface area is 525 Å². The van der Waals surface area contributed by atoms with Gasteiger partial charge in [-0.1, -0.05) is 309 Å². The lowest BCUT2D eigenvalue weighted by Gasteiger charge is -2.26. The van der Waals surface area contributed by atoms with Gasteiger partial charge < -0.3 is 9.80 Å². The van der Waals surface area contributed by atoms with Crippen molar-refractivity contribution in [2.24, 2.45) is 0 Å². The molecule has 1 unspecified atom stereocenters. The molecule has 0 heterocycles. The molecule has 0 fully saturated rings. The Bertz CT molecular complexity index is 4440. The molecule has 0 N–H and O–H groups in total. The molecule has 0 aliphatic rings. The van der Waals surface area contributed by atoms with E-state index in [0.717, 1.165) is 40.5 Å². The molecule has 0 aromatic heterocycles. The molecule has 2 heteroatoms. The Hall–Kier alpha value is -11.3. The number of hydrogen-bond donors (Lipinski definition) is 0. The van der Waals surface area contributed by atoms with Crippen molar-refractivity contribution in [3.8, 4) is 55.6 Å². The quantitative estimate of drug-likeness (QED) is 0.0890. The predicted octanol–water partition coefficient (Wildman–Crippen LogP) is 23.7. The minimum absolute atomic E-state index is 0.202. The minimum Gasteiger partial charge on any atom is -0.311 e. The van der Waals surface area contributed by atoms with Crippen LogP contribution in [0.3, 0.4) is 0 Å². The molecule has 0 radical (unpaired) electrons. The van der Waals surface area contributed by atoms with Crippen molar-refractivity contribution in [2.75, 3.05) is 9.80 Å². The van der Waals surface area contributed by atoms with E-state index < -0.39 is 0 Å². The number of aryl methyl sites for hydroxylation is 1. The number of anilines is 6. The first-order valence-electron chi connectivity index (χ1n) is 30.7. The Kier molecular flexibility index (Phi) is 17.5. The van der Waals surface area contributed by atoms with Crippen molar-refractivity contribution < 1.29 is 0 Å². The second-order valence-electron chi connectivity index (χ2n) is 22.6. The molecule has 0 saturated carbocycles. The highest BCUT2D eigenvalue weighted by Crippen LogP contribution is 2.40. The van der Waals surface area contributed by atoms with Crippen LogP contribution >= 0.6 is 0 Å². The lowest BCUT2D eigenvalue weighted by Crippen LogP contribution is -2.10. The summed E-state index contributed by atoms with van der Waals surface area (Å²) in [6.45, 7) is 2.13. The van der Waals surface area contributed by atoms with Crippen LogP contribution in [0, 0.1) is 6.92 Å². The topological polar surface area (TPSA) is 6.48 Å². The van der Waals surface area contributed by atoms with E-state index in [1.165, 1.54) is 89.0 Å². The van der Waals surface area contributed by atoms with Crippen LogP contribution in [-0.2, 0) is 6.42 Å². The summed E-state index contributed by atoms with van der Waals surface area (Å²) >= 11 is 0. The third-order valence-electron chi connectivity index (χ3n) is 16.6. The average Bonchev–Trinajstić information content (AvgIpc) is 3.10. The summed E-state index contributed by atoms with van der Waals surface area (Å²) in [6.07, 6.45) is 0.938. The van der Waals surface area contributed by atoms with Crippen LogP contribution in [0.4, 0.5) is 34.1 Å². The largest absolute Gasteiger partial charge is 0.311 e. The van der Waals surface area contributed by atoms with Gasteiger partial charge in [-0.15, -0.1) is 0 Å². The fourth-order valence-electron chi connectivity index (χ4n) is 11.9.